The molecule has 0 unspecified atom stereocenters. The van der Waals surface area contributed by atoms with E-state index in [-0.39, 0.29) is 0 Å². The quantitative estimate of drug-likeness (QED) is 0.656. The summed E-state index contributed by atoms with van der Waals surface area (Å²) >= 11 is 18.6. The molecule has 0 bridgehead atoms. The first kappa shape index (κ1) is 8.66. The van der Waals surface area contributed by atoms with Crippen molar-refractivity contribution in [3.05, 3.63) is 19.3 Å². The standard InChI is InChI=1S/C6H5Cl3S/c1-2-3-4(7)6(9)10-5(3)8/h2H2,1H3. The minimum Gasteiger partial charge on any atom is -0.110 e. The number of hydrogen-bond acceptors (Lipinski definition) is 1. The summed E-state index contributed by atoms with van der Waals surface area (Å²) in [7, 11) is 0. The zero-order valence-electron chi connectivity index (χ0n) is 5.25. The zero-order valence-corrected chi connectivity index (χ0v) is 8.33. The van der Waals surface area contributed by atoms with Crippen LogP contribution in [0.4, 0.5) is 0 Å². The van der Waals surface area contributed by atoms with Crippen LogP contribution in [0.15, 0.2) is 0 Å². The number of halogens is 3. The maximum absolute atomic E-state index is 5.81. The Balaban J connectivity index is 3.20. The second-order valence-corrected chi connectivity index (χ2v) is 4.40. The van der Waals surface area contributed by atoms with Crippen molar-refractivity contribution in [2.75, 3.05) is 0 Å². The van der Waals surface area contributed by atoms with E-state index in [1.165, 1.54) is 11.3 Å². The molecule has 0 aliphatic heterocycles. The van der Waals surface area contributed by atoms with Crippen molar-refractivity contribution in [2.45, 2.75) is 13.3 Å². The van der Waals surface area contributed by atoms with Crippen LogP contribution in [0.25, 0.3) is 0 Å². The highest BCUT2D eigenvalue weighted by Crippen LogP contribution is 2.39. The van der Waals surface area contributed by atoms with Crippen LogP contribution in [0.1, 0.15) is 12.5 Å². The Bertz CT molecular complexity index is 241. The number of thiophene rings is 1. The molecule has 0 saturated heterocycles. The summed E-state index contributed by atoms with van der Waals surface area (Å²) < 4.78 is 1.29. The molecule has 56 valence electrons. The van der Waals surface area contributed by atoms with Crippen molar-refractivity contribution in [3.8, 4) is 0 Å². The van der Waals surface area contributed by atoms with Gasteiger partial charge in [0, 0.05) is 5.56 Å². The molecular weight excluding hydrogens is 210 g/mol. The third-order valence-corrected chi connectivity index (χ3v) is 3.52. The van der Waals surface area contributed by atoms with Gasteiger partial charge in [0.15, 0.2) is 0 Å². The second kappa shape index (κ2) is 3.31. The van der Waals surface area contributed by atoms with Gasteiger partial charge in [0.2, 0.25) is 0 Å². The highest BCUT2D eigenvalue weighted by molar-refractivity contribution is 7.20. The lowest BCUT2D eigenvalue weighted by Crippen LogP contribution is -1.74. The van der Waals surface area contributed by atoms with Gasteiger partial charge in [-0.25, -0.2) is 0 Å². The number of hydrogen-bond donors (Lipinski definition) is 0. The first-order valence-electron chi connectivity index (χ1n) is 2.79. The largest absolute Gasteiger partial charge is 0.113 e. The van der Waals surface area contributed by atoms with Gasteiger partial charge < -0.3 is 0 Å². The van der Waals surface area contributed by atoms with Crippen LogP contribution in [0, 0.1) is 0 Å². The molecule has 0 aliphatic rings. The molecule has 0 aromatic carbocycles. The van der Waals surface area contributed by atoms with Crippen molar-refractivity contribution in [2.24, 2.45) is 0 Å². The van der Waals surface area contributed by atoms with Crippen LogP contribution in [-0.2, 0) is 6.42 Å². The molecule has 0 radical (unpaired) electrons. The lowest BCUT2D eigenvalue weighted by atomic mass is 10.3. The molecule has 0 spiro atoms. The summed E-state index contributed by atoms with van der Waals surface area (Å²) in [5.41, 5.74) is 0.957. The molecule has 0 amide bonds. The fourth-order valence-corrected chi connectivity index (χ4v) is 2.80. The predicted octanol–water partition coefficient (Wildman–Crippen LogP) is 4.27. The van der Waals surface area contributed by atoms with Crippen molar-refractivity contribution in [3.63, 3.8) is 0 Å². The molecule has 1 heterocycles. The van der Waals surface area contributed by atoms with Crippen LogP contribution in [0.2, 0.25) is 13.7 Å². The molecule has 0 N–H and O–H groups in total. The Morgan fingerprint density at radius 3 is 2.00 bits per heavy atom. The van der Waals surface area contributed by atoms with Gasteiger partial charge in [0.25, 0.3) is 0 Å². The van der Waals surface area contributed by atoms with Crippen LogP contribution in [0.3, 0.4) is 0 Å². The normalized spacial score (nSPS) is 10.4. The summed E-state index contributed by atoms with van der Waals surface area (Å²) in [6.45, 7) is 2.00. The van der Waals surface area contributed by atoms with E-state index in [4.69, 9.17) is 34.8 Å². The predicted molar refractivity (Wildman–Crippen MR) is 48.7 cm³/mol. The summed E-state index contributed by atoms with van der Waals surface area (Å²) in [4.78, 5) is 0. The summed E-state index contributed by atoms with van der Waals surface area (Å²) in [6.07, 6.45) is 0.834. The smallest absolute Gasteiger partial charge is 0.110 e. The Morgan fingerprint density at radius 2 is 1.80 bits per heavy atom. The summed E-state index contributed by atoms with van der Waals surface area (Å²) in [6, 6.07) is 0. The third kappa shape index (κ3) is 1.42. The van der Waals surface area contributed by atoms with Gasteiger partial charge in [-0.3, -0.25) is 0 Å². The highest BCUT2D eigenvalue weighted by Gasteiger charge is 2.11. The fraction of sp³-hybridized carbons (Fsp3) is 0.333. The van der Waals surface area contributed by atoms with Gasteiger partial charge in [-0.1, -0.05) is 41.7 Å². The van der Waals surface area contributed by atoms with Crippen LogP contribution < -0.4 is 0 Å². The molecule has 0 saturated carbocycles. The lowest BCUT2D eigenvalue weighted by molar-refractivity contribution is 1.16. The molecule has 0 aliphatic carbocycles. The fourth-order valence-electron chi connectivity index (χ4n) is 0.684. The van der Waals surface area contributed by atoms with Crippen LogP contribution >= 0.6 is 46.1 Å². The van der Waals surface area contributed by atoms with Crippen molar-refractivity contribution in [1.82, 2.24) is 0 Å². The maximum atomic E-state index is 5.81. The third-order valence-electron chi connectivity index (χ3n) is 1.21. The second-order valence-electron chi connectivity index (χ2n) is 1.80. The molecule has 1 aromatic rings. The Labute approximate surface area is 78.7 Å². The van der Waals surface area contributed by atoms with E-state index in [1.54, 1.807) is 0 Å². The Kier molecular flexibility index (Phi) is 2.87. The Morgan fingerprint density at radius 1 is 1.20 bits per heavy atom. The van der Waals surface area contributed by atoms with E-state index < -0.39 is 0 Å². The van der Waals surface area contributed by atoms with Crippen molar-refractivity contribution < 1.29 is 0 Å². The molecular formula is C6H5Cl3S. The summed E-state index contributed by atoms with van der Waals surface area (Å²) in [5.74, 6) is 0. The molecule has 0 atom stereocenters. The van der Waals surface area contributed by atoms with Crippen molar-refractivity contribution in [1.29, 1.82) is 0 Å². The summed E-state index contributed by atoms with van der Waals surface area (Å²) in [5, 5.41) is 0.610. The van der Waals surface area contributed by atoms with Crippen molar-refractivity contribution >= 4 is 46.1 Å². The molecule has 0 nitrogen and oxygen atoms in total. The SMILES string of the molecule is CCc1c(Cl)sc(Cl)c1Cl. The molecule has 1 aromatic heterocycles. The van der Waals surface area contributed by atoms with E-state index in [0.29, 0.717) is 13.7 Å². The maximum Gasteiger partial charge on any atom is 0.113 e. The monoisotopic (exact) mass is 214 g/mol. The molecule has 4 heteroatoms. The van der Waals surface area contributed by atoms with Gasteiger partial charge in [0.1, 0.15) is 4.34 Å². The average Bonchev–Trinajstić information content (AvgIpc) is 2.09. The zero-order chi connectivity index (χ0) is 7.72. The van der Waals surface area contributed by atoms with Crippen LogP contribution in [0.5, 0.6) is 0 Å². The van der Waals surface area contributed by atoms with E-state index >= 15 is 0 Å². The minimum atomic E-state index is 0.587. The lowest BCUT2D eigenvalue weighted by Gasteiger charge is -1.90. The average molecular weight is 216 g/mol. The topological polar surface area (TPSA) is 0 Å². The first-order chi connectivity index (χ1) is 4.66. The van der Waals surface area contributed by atoms with Crippen LogP contribution in [-0.4, -0.2) is 0 Å². The molecule has 10 heavy (non-hydrogen) atoms. The van der Waals surface area contributed by atoms with Gasteiger partial charge in [-0.2, -0.15) is 0 Å². The first-order valence-corrected chi connectivity index (χ1v) is 4.74. The van der Waals surface area contributed by atoms with Gasteiger partial charge in [0.05, 0.1) is 9.36 Å². The van der Waals surface area contributed by atoms with E-state index in [9.17, 15) is 0 Å². The van der Waals surface area contributed by atoms with Gasteiger partial charge in [-0.15, -0.1) is 11.3 Å². The van der Waals surface area contributed by atoms with E-state index in [0.717, 1.165) is 12.0 Å². The van der Waals surface area contributed by atoms with E-state index in [1.807, 2.05) is 6.92 Å². The molecule has 1 rings (SSSR count). The highest BCUT2D eigenvalue weighted by atomic mass is 35.5. The minimum absolute atomic E-state index is 0.587. The van der Waals surface area contributed by atoms with Gasteiger partial charge in [-0.05, 0) is 6.42 Å². The number of rotatable bonds is 1. The van der Waals surface area contributed by atoms with E-state index in [2.05, 4.69) is 0 Å². The molecule has 0 fully saturated rings. The van der Waals surface area contributed by atoms with Gasteiger partial charge >= 0.3 is 0 Å². The Hall–Kier alpha value is 0.570.